The van der Waals surface area contributed by atoms with E-state index in [1.807, 2.05) is 13.1 Å². The number of pyridine rings is 1. The number of rotatable bonds is 6. The highest BCUT2D eigenvalue weighted by Crippen LogP contribution is 2.43. The third-order valence-electron chi connectivity index (χ3n) is 4.42. The van der Waals surface area contributed by atoms with Gasteiger partial charge in [0.05, 0.1) is 26.0 Å². The minimum atomic E-state index is 0.229. The van der Waals surface area contributed by atoms with E-state index in [9.17, 15) is 4.79 Å². The molecule has 0 radical (unpaired) electrons. The molecule has 1 amide bonds. The number of likely N-dealkylation sites (N-methyl/N-ethyl adjacent to an activating group) is 1. The number of nitrogens with zero attached hydrogens (tertiary/aromatic N) is 3. The lowest BCUT2D eigenvalue weighted by atomic mass is 10.3. The lowest BCUT2D eigenvalue weighted by Crippen LogP contribution is -2.32. The molecule has 7 nitrogen and oxygen atoms in total. The van der Waals surface area contributed by atoms with Gasteiger partial charge in [-0.25, -0.2) is 4.98 Å². The Morgan fingerprint density at radius 1 is 1.54 bits per heavy atom. The number of hydrogen-bond acceptors (Lipinski definition) is 6. The largest absolute Gasteiger partial charge is 0.384 e. The quantitative estimate of drug-likeness (QED) is 0.600. The number of H-pyrrole nitrogens is 1. The highest BCUT2D eigenvalue weighted by atomic mass is 35.5. The Morgan fingerprint density at radius 2 is 2.35 bits per heavy atom. The van der Waals surface area contributed by atoms with Crippen molar-refractivity contribution in [3.63, 3.8) is 0 Å². The van der Waals surface area contributed by atoms with E-state index in [1.165, 1.54) is 11.3 Å². The van der Waals surface area contributed by atoms with Gasteiger partial charge in [0, 0.05) is 38.3 Å². The molecule has 1 saturated carbocycles. The molecule has 0 aliphatic heterocycles. The summed E-state index contributed by atoms with van der Waals surface area (Å²) in [4.78, 5) is 19.1. The molecule has 26 heavy (non-hydrogen) atoms. The van der Waals surface area contributed by atoms with Crippen molar-refractivity contribution in [1.82, 2.24) is 20.1 Å². The highest BCUT2D eigenvalue weighted by Gasteiger charge is 2.31. The average Bonchev–Trinajstić information content (AvgIpc) is 3.23. The maximum Gasteiger partial charge on any atom is 0.225 e. The summed E-state index contributed by atoms with van der Waals surface area (Å²) in [6.07, 6.45) is 3.72. The number of nitrogen functional groups attached to an aromatic ring is 1. The fraction of sp³-hybridized carbons (Fsp3) is 0.353. The van der Waals surface area contributed by atoms with Gasteiger partial charge in [-0.3, -0.25) is 9.89 Å². The zero-order valence-corrected chi connectivity index (χ0v) is 15.8. The number of hydrogen-bond donors (Lipinski definition) is 3. The number of nitrogens with one attached hydrogen (secondary N) is 2. The van der Waals surface area contributed by atoms with E-state index < -0.39 is 0 Å². The Labute approximate surface area is 159 Å². The van der Waals surface area contributed by atoms with Crippen molar-refractivity contribution < 1.29 is 4.79 Å². The summed E-state index contributed by atoms with van der Waals surface area (Å²) in [6, 6.07) is 3.67. The first-order valence-corrected chi connectivity index (χ1v) is 9.61. The molecule has 0 spiro atoms. The first-order valence-electron chi connectivity index (χ1n) is 8.41. The van der Waals surface area contributed by atoms with Crippen molar-refractivity contribution in [3.05, 3.63) is 23.4 Å². The summed E-state index contributed by atoms with van der Waals surface area (Å²) in [6.45, 7) is 1.26. The van der Waals surface area contributed by atoms with Gasteiger partial charge in [-0.05, 0) is 18.9 Å². The maximum atomic E-state index is 12.0. The SMILES string of the molecule is CN(CCNc1cc(N)nc2c(Cl)c(-c3ccn[nH]3)sc12)C(=O)C1CC1. The van der Waals surface area contributed by atoms with Crippen molar-refractivity contribution in [2.24, 2.45) is 5.92 Å². The summed E-state index contributed by atoms with van der Waals surface area (Å²) in [5.74, 6) is 0.863. The lowest BCUT2D eigenvalue weighted by molar-refractivity contribution is -0.131. The molecule has 3 aromatic heterocycles. The zero-order chi connectivity index (χ0) is 18.3. The molecule has 0 unspecified atom stereocenters. The predicted molar refractivity (Wildman–Crippen MR) is 105 cm³/mol. The van der Waals surface area contributed by atoms with Gasteiger partial charge < -0.3 is 16.0 Å². The van der Waals surface area contributed by atoms with E-state index in [4.69, 9.17) is 17.3 Å². The molecule has 0 saturated heterocycles. The molecule has 136 valence electrons. The van der Waals surface area contributed by atoms with E-state index in [0.29, 0.717) is 29.4 Å². The van der Waals surface area contributed by atoms with Gasteiger partial charge in [0.2, 0.25) is 5.91 Å². The maximum absolute atomic E-state index is 12.0. The van der Waals surface area contributed by atoms with Crippen molar-refractivity contribution in [2.45, 2.75) is 12.8 Å². The number of aromatic amines is 1. The van der Waals surface area contributed by atoms with Crippen LogP contribution in [0, 0.1) is 5.92 Å². The monoisotopic (exact) mass is 390 g/mol. The van der Waals surface area contributed by atoms with Crippen LogP contribution in [0.5, 0.6) is 0 Å². The third-order valence-corrected chi connectivity index (χ3v) is 6.14. The highest BCUT2D eigenvalue weighted by molar-refractivity contribution is 7.23. The second-order valence-corrected chi connectivity index (χ2v) is 7.85. The van der Waals surface area contributed by atoms with Gasteiger partial charge in [-0.2, -0.15) is 5.10 Å². The Bertz CT molecular complexity index is 950. The fourth-order valence-corrected chi connectivity index (χ4v) is 4.37. The zero-order valence-electron chi connectivity index (χ0n) is 14.3. The van der Waals surface area contributed by atoms with E-state index in [-0.39, 0.29) is 11.8 Å². The Hall–Kier alpha value is -2.32. The van der Waals surface area contributed by atoms with Crippen LogP contribution in [0.25, 0.3) is 20.8 Å². The molecule has 3 heterocycles. The molecule has 4 N–H and O–H groups in total. The van der Waals surface area contributed by atoms with E-state index in [0.717, 1.165) is 33.8 Å². The second kappa shape index (κ2) is 6.77. The normalized spacial score (nSPS) is 13.9. The number of nitrogens with two attached hydrogens (primary N) is 1. The first kappa shape index (κ1) is 17.1. The summed E-state index contributed by atoms with van der Waals surface area (Å²) >= 11 is 8.06. The molecule has 1 aliphatic rings. The number of carbonyl (C=O) groups excluding carboxylic acids is 1. The van der Waals surface area contributed by atoms with Gasteiger partial charge in [0.1, 0.15) is 11.3 Å². The molecular formula is C17H19ClN6OS. The Morgan fingerprint density at radius 3 is 3.04 bits per heavy atom. The van der Waals surface area contributed by atoms with Crippen LogP contribution in [0.2, 0.25) is 5.02 Å². The number of carbonyl (C=O) groups is 1. The van der Waals surface area contributed by atoms with Crippen LogP contribution in [0.4, 0.5) is 11.5 Å². The van der Waals surface area contributed by atoms with Crippen LogP contribution in [-0.2, 0) is 4.79 Å². The minimum Gasteiger partial charge on any atom is -0.384 e. The molecule has 0 aromatic carbocycles. The van der Waals surface area contributed by atoms with Crippen LogP contribution in [0.15, 0.2) is 18.3 Å². The molecular weight excluding hydrogens is 372 g/mol. The second-order valence-electron chi connectivity index (χ2n) is 6.45. The van der Waals surface area contributed by atoms with Crippen LogP contribution in [0.3, 0.4) is 0 Å². The summed E-state index contributed by atoms with van der Waals surface area (Å²) in [7, 11) is 1.84. The van der Waals surface area contributed by atoms with Crippen molar-refractivity contribution in [2.75, 3.05) is 31.2 Å². The fourth-order valence-electron chi connectivity index (χ4n) is 2.86. The predicted octanol–water partition coefficient (Wildman–Crippen LogP) is 3.20. The van der Waals surface area contributed by atoms with Crippen molar-refractivity contribution >= 4 is 50.6 Å². The molecule has 4 rings (SSSR count). The van der Waals surface area contributed by atoms with Gasteiger partial charge in [0.15, 0.2) is 0 Å². The number of anilines is 2. The minimum absolute atomic E-state index is 0.229. The summed E-state index contributed by atoms with van der Waals surface area (Å²) in [5, 5.41) is 10.8. The Kier molecular flexibility index (Phi) is 4.46. The third kappa shape index (κ3) is 3.22. The number of halogens is 1. The lowest BCUT2D eigenvalue weighted by Gasteiger charge is -2.17. The van der Waals surface area contributed by atoms with Gasteiger partial charge in [-0.15, -0.1) is 11.3 Å². The molecule has 1 aliphatic carbocycles. The van der Waals surface area contributed by atoms with Gasteiger partial charge in [-0.1, -0.05) is 11.6 Å². The molecule has 0 bridgehead atoms. The standard InChI is InChI=1S/C17H19ClN6OS/c1-24(17(25)9-2-3-9)7-6-20-11-8-12(19)22-14-13(18)15(26-16(11)14)10-4-5-21-23-10/h4-5,8-9H,2-3,6-7H2,1H3,(H,21,23)(H3,19,20,22). The number of aromatic nitrogens is 3. The van der Waals surface area contributed by atoms with Crippen LogP contribution < -0.4 is 11.1 Å². The van der Waals surface area contributed by atoms with Crippen LogP contribution >= 0.6 is 22.9 Å². The van der Waals surface area contributed by atoms with E-state index in [1.54, 1.807) is 17.2 Å². The number of thiophene rings is 1. The van der Waals surface area contributed by atoms with Crippen molar-refractivity contribution in [3.8, 4) is 10.6 Å². The van der Waals surface area contributed by atoms with E-state index in [2.05, 4.69) is 20.5 Å². The summed E-state index contributed by atoms with van der Waals surface area (Å²) < 4.78 is 0.935. The van der Waals surface area contributed by atoms with E-state index >= 15 is 0 Å². The smallest absolute Gasteiger partial charge is 0.225 e. The topological polar surface area (TPSA) is 99.9 Å². The molecule has 1 fully saturated rings. The average molecular weight is 391 g/mol. The first-order chi connectivity index (χ1) is 12.5. The van der Waals surface area contributed by atoms with Gasteiger partial charge >= 0.3 is 0 Å². The number of fused-ring (bicyclic) bond motifs is 1. The molecule has 9 heteroatoms. The molecule has 3 aromatic rings. The van der Waals surface area contributed by atoms with Gasteiger partial charge in [0.25, 0.3) is 0 Å². The van der Waals surface area contributed by atoms with Crippen molar-refractivity contribution in [1.29, 1.82) is 0 Å². The van der Waals surface area contributed by atoms with Crippen LogP contribution in [-0.4, -0.2) is 46.1 Å². The molecule has 0 atom stereocenters. The Balaban J connectivity index is 1.56. The van der Waals surface area contributed by atoms with Crippen LogP contribution in [0.1, 0.15) is 12.8 Å². The number of amides is 1. The summed E-state index contributed by atoms with van der Waals surface area (Å²) in [5.41, 5.74) is 8.35.